The second-order valence-corrected chi connectivity index (χ2v) is 4.28. The molecule has 0 aliphatic heterocycles. The van der Waals surface area contributed by atoms with Gasteiger partial charge in [0.05, 0.1) is 5.69 Å². The number of hydrogen-bond donors (Lipinski definition) is 2. The standard InChI is InChI=1S/C12H10ClN3S/c13-8-4-6-9(7-5-8)15-11-3-1-2-10(16-11)12(14)17/h1-7H,(H2,14,17)(H,15,16). The van der Waals surface area contributed by atoms with Gasteiger partial charge in [0.1, 0.15) is 10.8 Å². The van der Waals surface area contributed by atoms with E-state index in [9.17, 15) is 0 Å². The molecular weight excluding hydrogens is 254 g/mol. The molecule has 86 valence electrons. The van der Waals surface area contributed by atoms with Gasteiger partial charge in [-0.05, 0) is 36.4 Å². The van der Waals surface area contributed by atoms with Crippen LogP contribution in [-0.4, -0.2) is 9.97 Å². The highest BCUT2D eigenvalue weighted by Crippen LogP contribution is 2.17. The van der Waals surface area contributed by atoms with Crippen molar-refractivity contribution in [1.29, 1.82) is 0 Å². The second kappa shape index (κ2) is 5.12. The summed E-state index contributed by atoms with van der Waals surface area (Å²) >= 11 is 10.7. The fourth-order valence-corrected chi connectivity index (χ4v) is 1.56. The number of nitrogens with zero attached hydrogens (tertiary/aromatic N) is 1. The summed E-state index contributed by atoms with van der Waals surface area (Å²) in [5.41, 5.74) is 7.02. The first-order valence-electron chi connectivity index (χ1n) is 4.94. The van der Waals surface area contributed by atoms with Crippen LogP contribution >= 0.6 is 23.8 Å². The predicted molar refractivity (Wildman–Crippen MR) is 74.9 cm³/mol. The summed E-state index contributed by atoms with van der Waals surface area (Å²) in [4.78, 5) is 4.56. The van der Waals surface area contributed by atoms with Crippen molar-refractivity contribution in [3.05, 3.63) is 53.2 Å². The molecule has 0 saturated carbocycles. The Balaban J connectivity index is 2.21. The molecule has 0 fully saturated rings. The summed E-state index contributed by atoms with van der Waals surface area (Å²) < 4.78 is 0. The number of thiocarbonyl (C=S) groups is 1. The Morgan fingerprint density at radius 3 is 2.53 bits per heavy atom. The number of halogens is 1. The first-order valence-corrected chi connectivity index (χ1v) is 5.73. The van der Waals surface area contributed by atoms with Gasteiger partial charge in [-0.1, -0.05) is 29.9 Å². The van der Waals surface area contributed by atoms with Crippen LogP contribution < -0.4 is 11.1 Å². The van der Waals surface area contributed by atoms with Crippen LogP contribution in [0.4, 0.5) is 11.5 Å². The fourth-order valence-electron chi connectivity index (χ4n) is 1.32. The van der Waals surface area contributed by atoms with E-state index in [1.54, 1.807) is 18.2 Å². The van der Waals surface area contributed by atoms with Gasteiger partial charge in [-0.15, -0.1) is 0 Å². The Bertz CT molecular complexity index is 540. The first-order chi connectivity index (χ1) is 8.15. The minimum absolute atomic E-state index is 0.282. The third-order valence-electron chi connectivity index (χ3n) is 2.12. The van der Waals surface area contributed by atoms with Gasteiger partial charge in [-0.25, -0.2) is 4.98 Å². The molecule has 0 amide bonds. The van der Waals surface area contributed by atoms with E-state index in [2.05, 4.69) is 10.3 Å². The minimum atomic E-state index is 0.282. The smallest absolute Gasteiger partial charge is 0.131 e. The molecule has 1 aromatic heterocycles. The summed E-state index contributed by atoms with van der Waals surface area (Å²) in [5, 5.41) is 3.84. The van der Waals surface area contributed by atoms with Gasteiger partial charge in [0.2, 0.25) is 0 Å². The van der Waals surface area contributed by atoms with Crippen molar-refractivity contribution in [2.24, 2.45) is 5.73 Å². The van der Waals surface area contributed by atoms with Gasteiger partial charge in [0.15, 0.2) is 0 Å². The molecule has 2 aromatic rings. The average molecular weight is 264 g/mol. The van der Waals surface area contributed by atoms with Gasteiger partial charge in [-0.3, -0.25) is 0 Å². The number of rotatable bonds is 3. The number of nitrogens with one attached hydrogen (secondary N) is 1. The van der Waals surface area contributed by atoms with Crippen LogP contribution in [0, 0.1) is 0 Å². The van der Waals surface area contributed by atoms with Crippen LogP contribution in [0.2, 0.25) is 5.02 Å². The van der Waals surface area contributed by atoms with E-state index in [4.69, 9.17) is 29.6 Å². The van der Waals surface area contributed by atoms with E-state index in [1.165, 1.54) is 0 Å². The topological polar surface area (TPSA) is 50.9 Å². The van der Waals surface area contributed by atoms with Gasteiger partial charge >= 0.3 is 0 Å². The third kappa shape index (κ3) is 3.15. The summed E-state index contributed by atoms with van der Waals surface area (Å²) in [6, 6.07) is 12.8. The van der Waals surface area contributed by atoms with Crippen LogP contribution in [0.3, 0.4) is 0 Å². The molecule has 3 nitrogen and oxygen atoms in total. The van der Waals surface area contributed by atoms with Crippen molar-refractivity contribution in [3.8, 4) is 0 Å². The predicted octanol–water partition coefficient (Wildman–Crippen LogP) is 3.11. The lowest BCUT2D eigenvalue weighted by Gasteiger charge is -2.06. The highest BCUT2D eigenvalue weighted by atomic mass is 35.5. The Labute approximate surface area is 110 Å². The SMILES string of the molecule is NC(=S)c1cccc(Nc2ccc(Cl)cc2)n1. The number of aromatic nitrogens is 1. The maximum absolute atomic E-state index is 5.80. The molecule has 0 bridgehead atoms. The molecule has 1 heterocycles. The molecule has 0 unspecified atom stereocenters. The van der Waals surface area contributed by atoms with E-state index in [-0.39, 0.29) is 4.99 Å². The average Bonchev–Trinajstić information content (AvgIpc) is 2.32. The minimum Gasteiger partial charge on any atom is -0.388 e. The fraction of sp³-hybridized carbons (Fsp3) is 0. The van der Waals surface area contributed by atoms with E-state index in [0.717, 1.165) is 5.69 Å². The number of benzene rings is 1. The van der Waals surface area contributed by atoms with Crippen LogP contribution in [0.1, 0.15) is 5.69 Å². The number of nitrogens with two attached hydrogens (primary N) is 1. The van der Waals surface area contributed by atoms with Crippen LogP contribution in [0.5, 0.6) is 0 Å². The van der Waals surface area contributed by atoms with E-state index in [0.29, 0.717) is 16.5 Å². The maximum atomic E-state index is 5.80. The van der Waals surface area contributed by atoms with Crippen molar-refractivity contribution < 1.29 is 0 Å². The zero-order valence-electron chi connectivity index (χ0n) is 8.85. The quantitative estimate of drug-likeness (QED) is 0.836. The second-order valence-electron chi connectivity index (χ2n) is 3.40. The molecule has 5 heteroatoms. The van der Waals surface area contributed by atoms with E-state index >= 15 is 0 Å². The summed E-state index contributed by atoms with van der Waals surface area (Å²) in [7, 11) is 0. The maximum Gasteiger partial charge on any atom is 0.131 e. The number of pyridine rings is 1. The largest absolute Gasteiger partial charge is 0.388 e. The molecule has 0 atom stereocenters. The molecule has 0 aliphatic rings. The molecule has 1 aromatic carbocycles. The van der Waals surface area contributed by atoms with Crippen LogP contribution in [0.15, 0.2) is 42.5 Å². The Hall–Kier alpha value is -1.65. The Morgan fingerprint density at radius 2 is 1.88 bits per heavy atom. The normalized spacial score (nSPS) is 9.94. The van der Waals surface area contributed by atoms with Crippen molar-refractivity contribution in [3.63, 3.8) is 0 Å². The highest BCUT2D eigenvalue weighted by Gasteiger charge is 2.00. The summed E-state index contributed by atoms with van der Waals surface area (Å²) in [5.74, 6) is 0.692. The first kappa shape index (κ1) is 11.8. The van der Waals surface area contributed by atoms with Gasteiger partial charge < -0.3 is 11.1 Å². The van der Waals surface area contributed by atoms with E-state index in [1.807, 2.05) is 24.3 Å². The Kier molecular flexibility index (Phi) is 3.56. The van der Waals surface area contributed by atoms with Gasteiger partial charge in [0.25, 0.3) is 0 Å². The molecule has 0 radical (unpaired) electrons. The van der Waals surface area contributed by atoms with Crippen LogP contribution in [0.25, 0.3) is 0 Å². The van der Waals surface area contributed by atoms with E-state index < -0.39 is 0 Å². The van der Waals surface area contributed by atoms with Gasteiger partial charge in [0, 0.05) is 10.7 Å². The summed E-state index contributed by atoms with van der Waals surface area (Å²) in [6.07, 6.45) is 0. The molecule has 0 aliphatic carbocycles. The molecular formula is C12H10ClN3S. The van der Waals surface area contributed by atoms with Crippen LogP contribution in [-0.2, 0) is 0 Å². The lowest BCUT2D eigenvalue weighted by Crippen LogP contribution is -2.12. The molecule has 0 saturated heterocycles. The summed E-state index contributed by atoms with van der Waals surface area (Å²) in [6.45, 7) is 0. The zero-order valence-corrected chi connectivity index (χ0v) is 10.4. The van der Waals surface area contributed by atoms with Crippen molar-refractivity contribution in [2.45, 2.75) is 0 Å². The number of anilines is 2. The lowest BCUT2D eigenvalue weighted by molar-refractivity contribution is 1.28. The zero-order chi connectivity index (χ0) is 12.3. The lowest BCUT2D eigenvalue weighted by atomic mass is 10.3. The molecule has 17 heavy (non-hydrogen) atoms. The van der Waals surface area contributed by atoms with Gasteiger partial charge in [-0.2, -0.15) is 0 Å². The van der Waals surface area contributed by atoms with Crippen molar-refractivity contribution in [2.75, 3.05) is 5.32 Å². The van der Waals surface area contributed by atoms with Crippen molar-refractivity contribution in [1.82, 2.24) is 4.98 Å². The number of hydrogen-bond acceptors (Lipinski definition) is 3. The molecule has 2 rings (SSSR count). The Morgan fingerprint density at radius 1 is 1.18 bits per heavy atom. The molecule has 3 N–H and O–H groups in total. The monoisotopic (exact) mass is 263 g/mol. The highest BCUT2D eigenvalue weighted by molar-refractivity contribution is 7.80. The van der Waals surface area contributed by atoms with Crippen molar-refractivity contribution >= 4 is 40.3 Å². The third-order valence-corrected chi connectivity index (χ3v) is 2.58. The molecule has 0 spiro atoms.